The van der Waals surface area contributed by atoms with E-state index in [0.717, 1.165) is 11.8 Å². The van der Waals surface area contributed by atoms with Crippen molar-refractivity contribution in [2.45, 2.75) is 39.2 Å². The summed E-state index contributed by atoms with van der Waals surface area (Å²) in [5.74, 6) is 1.59. The molecule has 2 aromatic rings. The smallest absolute Gasteiger partial charge is 0.0422 e. The lowest BCUT2D eigenvalue weighted by Gasteiger charge is -2.35. The first-order valence-electron chi connectivity index (χ1n) is 7.50. The second-order valence-corrected chi connectivity index (χ2v) is 6.04. The van der Waals surface area contributed by atoms with Crippen LogP contribution in [-0.2, 0) is 0 Å². The molecule has 0 aromatic heterocycles. The number of fused-ring (bicyclic) bond motifs is 1. The van der Waals surface area contributed by atoms with E-state index in [9.17, 15) is 0 Å². The molecule has 0 aliphatic heterocycles. The Labute approximate surface area is 116 Å². The lowest BCUT2D eigenvalue weighted by Crippen LogP contribution is -2.35. The molecule has 0 saturated heterocycles. The molecule has 1 saturated carbocycles. The fourth-order valence-electron chi connectivity index (χ4n) is 3.34. The molecule has 1 nitrogen and oxygen atoms in total. The summed E-state index contributed by atoms with van der Waals surface area (Å²) >= 11 is 0. The first-order valence-corrected chi connectivity index (χ1v) is 7.50. The van der Waals surface area contributed by atoms with Crippen LogP contribution in [0.2, 0.25) is 0 Å². The standard InChI is InChI=1S/C18H23N/c1-13-7-5-11-17(14(13)2)19-18-12-6-9-15-8-3-4-10-16(15)18/h3-4,6,8-10,12-14,17,19H,5,7,11H2,1-2H3. The van der Waals surface area contributed by atoms with Gasteiger partial charge in [0.1, 0.15) is 0 Å². The van der Waals surface area contributed by atoms with E-state index in [4.69, 9.17) is 0 Å². The Hall–Kier alpha value is -1.50. The first-order chi connectivity index (χ1) is 9.25. The van der Waals surface area contributed by atoms with Gasteiger partial charge in [-0.2, -0.15) is 0 Å². The average Bonchev–Trinajstić information content (AvgIpc) is 2.44. The molecular formula is C18H23N. The van der Waals surface area contributed by atoms with Crippen molar-refractivity contribution in [3.05, 3.63) is 42.5 Å². The Kier molecular flexibility index (Phi) is 3.46. The van der Waals surface area contributed by atoms with Crippen molar-refractivity contribution < 1.29 is 0 Å². The number of anilines is 1. The van der Waals surface area contributed by atoms with Gasteiger partial charge in [-0.15, -0.1) is 0 Å². The number of nitrogens with one attached hydrogen (secondary N) is 1. The Morgan fingerprint density at radius 2 is 1.74 bits per heavy atom. The van der Waals surface area contributed by atoms with E-state index < -0.39 is 0 Å². The Morgan fingerprint density at radius 3 is 2.63 bits per heavy atom. The molecule has 0 amide bonds. The summed E-state index contributed by atoms with van der Waals surface area (Å²) in [5, 5.41) is 6.47. The van der Waals surface area contributed by atoms with E-state index in [1.54, 1.807) is 0 Å². The van der Waals surface area contributed by atoms with E-state index in [-0.39, 0.29) is 0 Å². The van der Waals surface area contributed by atoms with Crippen molar-refractivity contribution in [1.29, 1.82) is 0 Å². The molecule has 3 atom stereocenters. The molecule has 1 aliphatic carbocycles. The predicted octanol–water partition coefficient (Wildman–Crippen LogP) is 5.08. The monoisotopic (exact) mass is 253 g/mol. The third kappa shape index (κ3) is 2.47. The molecule has 1 heteroatoms. The van der Waals surface area contributed by atoms with E-state index in [0.29, 0.717) is 6.04 Å². The van der Waals surface area contributed by atoms with Gasteiger partial charge in [0.2, 0.25) is 0 Å². The van der Waals surface area contributed by atoms with Crippen molar-refractivity contribution >= 4 is 16.5 Å². The van der Waals surface area contributed by atoms with E-state index in [1.165, 1.54) is 35.7 Å². The minimum atomic E-state index is 0.620. The number of hydrogen-bond donors (Lipinski definition) is 1. The van der Waals surface area contributed by atoms with Crippen molar-refractivity contribution in [3.63, 3.8) is 0 Å². The van der Waals surface area contributed by atoms with Gasteiger partial charge in [-0.05, 0) is 29.7 Å². The Morgan fingerprint density at radius 1 is 0.947 bits per heavy atom. The molecule has 0 bridgehead atoms. The van der Waals surface area contributed by atoms with E-state index in [1.807, 2.05) is 0 Å². The highest BCUT2D eigenvalue weighted by Crippen LogP contribution is 2.33. The van der Waals surface area contributed by atoms with Crippen molar-refractivity contribution in [2.24, 2.45) is 11.8 Å². The van der Waals surface area contributed by atoms with E-state index >= 15 is 0 Å². The highest BCUT2D eigenvalue weighted by Gasteiger charge is 2.26. The second kappa shape index (κ2) is 5.24. The number of benzene rings is 2. The minimum absolute atomic E-state index is 0.620. The van der Waals surface area contributed by atoms with Crippen LogP contribution >= 0.6 is 0 Å². The molecule has 1 aliphatic rings. The summed E-state index contributed by atoms with van der Waals surface area (Å²) in [4.78, 5) is 0. The largest absolute Gasteiger partial charge is 0.382 e. The van der Waals surface area contributed by atoms with Crippen LogP contribution in [0.15, 0.2) is 42.5 Å². The SMILES string of the molecule is CC1CCCC(Nc2cccc3ccccc23)C1C. The third-order valence-corrected chi connectivity index (χ3v) is 4.84. The highest BCUT2D eigenvalue weighted by molar-refractivity contribution is 5.93. The molecule has 1 N–H and O–H groups in total. The molecule has 3 unspecified atom stereocenters. The number of rotatable bonds is 2. The van der Waals surface area contributed by atoms with Crippen molar-refractivity contribution in [2.75, 3.05) is 5.32 Å². The Balaban J connectivity index is 1.89. The molecule has 19 heavy (non-hydrogen) atoms. The van der Waals surface area contributed by atoms with Gasteiger partial charge in [0, 0.05) is 17.1 Å². The normalized spacial score (nSPS) is 27.4. The summed E-state index contributed by atoms with van der Waals surface area (Å²) < 4.78 is 0. The van der Waals surface area contributed by atoms with Crippen LogP contribution in [0.1, 0.15) is 33.1 Å². The van der Waals surface area contributed by atoms with Crippen LogP contribution in [-0.4, -0.2) is 6.04 Å². The van der Waals surface area contributed by atoms with E-state index in [2.05, 4.69) is 61.6 Å². The molecule has 0 spiro atoms. The van der Waals surface area contributed by atoms with Crippen LogP contribution in [0, 0.1) is 11.8 Å². The van der Waals surface area contributed by atoms with Gasteiger partial charge in [-0.25, -0.2) is 0 Å². The van der Waals surface area contributed by atoms with Gasteiger partial charge >= 0.3 is 0 Å². The summed E-state index contributed by atoms with van der Waals surface area (Å²) in [6.07, 6.45) is 4.04. The maximum Gasteiger partial charge on any atom is 0.0422 e. The zero-order valence-corrected chi connectivity index (χ0v) is 11.9. The highest BCUT2D eigenvalue weighted by atomic mass is 14.9. The molecule has 3 rings (SSSR count). The van der Waals surface area contributed by atoms with Crippen LogP contribution < -0.4 is 5.32 Å². The zero-order chi connectivity index (χ0) is 13.2. The first kappa shape index (κ1) is 12.5. The van der Waals surface area contributed by atoms with Crippen molar-refractivity contribution in [3.8, 4) is 0 Å². The quantitative estimate of drug-likeness (QED) is 0.787. The lowest BCUT2D eigenvalue weighted by atomic mass is 9.78. The zero-order valence-electron chi connectivity index (χ0n) is 11.9. The Bertz CT molecular complexity index is 555. The summed E-state index contributed by atoms with van der Waals surface area (Å²) in [6.45, 7) is 4.79. The molecule has 0 radical (unpaired) electrons. The maximum atomic E-state index is 3.80. The van der Waals surface area contributed by atoms with Crippen LogP contribution in [0.3, 0.4) is 0 Å². The van der Waals surface area contributed by atoms with Crippen LogP contribution in [0.25, 0.3) is 10.8 Å². The van der Waals surface area contributed by atoms with Gasteiger partial charge in [0.15, 0.2) is 0 Å². The van der Waals surface area contributed by atoms with Gasteiger partial charge in [-0.1, -0.05) is 63.1 Å². The topological polar surface area (TPSA) is 12.0 Å². The maximum absolute atomic E-state index is 3.80. The fourth-order valence-corrected chi connectivity index (χ4v) is 3.34. The third-order valence-electron chi connectivity index (χ3n) is 4.84. The van der Waals surface area contributed by atoms with Gasteiger partial charge in [0.05, 0.1) is 0 Å². The van der Waals surface area contributed by atoms with Gasteiger partial charge < -0.3 is 5.32 Å². The average molecular weight is 253 g/mol. The summed E-state index contributed by atoms with van der Waals surface area (Å²) in [7, 11) is 0. The molecule has 100 valence electrons. The van der Waals surface area contributed by atoms with Crippen LogP contribution in [0.5, 0.6) is 0 Å². The molecule has 0 heterocycles. The summed E-state index contributed by atoms with van der Waals surface area (Å²) in [5.41, 5.74) is 1.30. The molecule has 2 aromatic carbocycles. The fraction of sp³-hybridized carbons (Fsp3) is 0.444. The number of hydrogen-bond acceptors (Lipinski definition) is 1. The molecule has 1 fully saturated rings. The van der Waals surface area contributed by atoms with Gasteiger partial charge in [-0.3, -0.25) is 0 Å². The predicted molar refractivity (Wildman–Crippen MR) is 83.5 cm³/mol. The van der Waals surface area contributed by atoms with Crippen LogP contribution in [0.4, 0.5) is 5.69 Å². The lowest BCUT2D eigenvalue weighted by molar-refractivity contribution is 0.253. The minimum Gasteiger partial charge on any atom is -0.382 e. The summed E-state index contributed by atoms with van der Waals surface area (Å²) in [6, 6.07) is 15.8. The van der Waals surface area contributed by atoms with Crippen molar-refractivity contribution in [1.82, 2.24) is 0 Å². The second-order valence-electron chi connectivity index (χ2n) is 6.04. The molecular weight excluding hydrogens is 230 g/mol. The van der Waals surface area contributed by atoms with Gasteiger partial charge in [0.25, 0.3) is 0 Å².